The Kier molecular flexibility index (Phi) is 4.86. The Morgan fingerprint density at radius 3 is 1.59 bits per heavy atom. The molecule has 0 saturated heterocycles. The SMILES string of the molecule is N#C[C@@H]1C(=N)C(C#N)(C#N)[C@H](c2ccccc2)C(C#N)(C#N)[C@H]1c1ccccc1. The smallest absolute Gasteiger partial charge is 0.191 e. The number of nitrogens with one attached hydrogen (secondary N) is 1. The van der Waals surface area contributed by atoms with Gasteiger partial charge in [0.1, 0.15) is 0 Å². The van der Waals surface area contributed by atoms with E-state index in [4.69, 9.17) is 5.41 Å². The molecule has 0 bridgehead atoms. The highest BCUT2D eigenvalue weighted by Crippen LogP contribution is 2.61. The van der Waals surface area contributed by atoms with Crippen LogP contribution in [-0.4, -0.2) is 5.71 Å². The summed E-state index contributed by atoms with van der Waals surface area (Å²) in [5, 5.41) is 59.0. The summed E-state index contributed by atoms with van der Waals surface area (Å²) in [7, 11) is 0. The lowest BCUT2D eigenvalue weighted by Crippen LogP contribution is -2.55. The highest BCUT2D eigenvalue weighted by Gasteiger charge is 2.67. The fraction of sp³-hybridized carbons (Fsp3) is 0.217. The van der Waals surface area contributed by atoms with Gasteiger partial charge in [-0.15, -0.1) is 0 Å². The van der Waals surface area contributed by atoms with Crippen LogP contribution in [0.5, 0.6) is 0 Å². The van der Waals surface area contributed by atoms with Crippen molar-refractivity contribution in [1.29, 1.82) is 31.7 Å². The lowest BCUT2D eigenvalue weighted by molar-refractivity contribution is 0.229. The van der Waals surface area contributed by atoms with E-state index in [-0.39, 0.29) is 5.71 Å². The van der Waals surface area contributed by atoms with Crippen molar-refractivity contribution in [1.82, 2.24) is 0 Å². The summed E-state index contributed by atoms with van der Waals surface area (Å²) in [6.07, 6.45) is 0. The number of hydrogen-bond acceptors (Lipinski definition) is 6. The first-order valence-electron chi connectivity index (χ1n) is 8.79. The molecule has 1 saturated carbocycles. The molecule has 1 aliphatic carbocycles. The largest absolute Gasteiger partial charge is 0.305 e. The summed E-state index contributed by atoms with van der Waals surface area (Å²) in [5.41, 5.74) is -3.43. The van der Waals surface area contributed by atoms with Gasteiger partial charge in [-0.1, -0.05) is 60.7 Å². The van der Waals surface area contributed by atoms with E-state index in [2.05, 4.69) is 12.1 Å². The molecule has 0 radical (unpaired) electrons. The van der Waals surface area contributed by atoms with Crippen LogP contribution in [0.1, 0.15) is 23.0 Å². The number of benzene rings is 2. The van der Waals surface area contributed by atoms with E-state index in [1.165, 1.54) is 0 Å². The van der Waals surface area contributed by atoms with Gasteiger partial charge >= 0.3 is 0 Å². The van der Waals surface area contributed by atoms with Gasteiger partial charge in [-0.25, -0.2) is 0 Å². The maximum Gasteiger partial charge on any atom is 0.191 e. The second-order valence-corrected chi connectivity index (χ2v) is 6.88. The standard InChI is InChI=1S/C23H14N6/c24-11-18-19(16-7-3-1-4-8-16)22(12-25,13-26)20(17-9-5-2-6-10-17)23(14-27,15-28)21(18)29/h1-10,18-20,29H/t18-,19-,20+/m0/s1. The summed E-state index contributed by atoms with van der Waals surface area (Å²) >= 11 is 0. The fourth-order valence-corrected chi connectivity index (χ4v) is 4.33. The van der Waals surface area contributed by atoms with E-state index < -0.39 is 28.6 Å². The van der Waals surface area contributed by atoms with E-state index in [0.29, 0.717) is 11.1 Å². The average molecular weight is 374 g/mol. The van der Waals surface area contributed by atoms with Gasteiger partial charge in [-0.3, -0.25) is 0 Å². The molecule has 2 aromatic carbocycles. The van der Waals surface area contributed by atoms with Crippen molar-refractivity contribution < 1.29 is 0 Å². The predicted molar refractivity (Wildman–Crippen MR) is 103 cm³/mol. The Bertz CT molecular complexity index is 1120. The van der Waals surface area contributed by atoms with Crippen LogP contribution in [-0.2, 0) is 0 Å². The molecule has 0 spiro atoms. The Morgan fingerprint density at radius 1 is 0.690 bits per heavy atom. The van der Waals surface area contributed by atoms with E-state index in [9.17, 15) is 26.3 Å². The summed E-state index contributed by atoms with van der Waals surface area (Å²) < 4.78 is 0. The van der Waals surface area contributed by atoms with Gasteiger partial charge in [0.05, 0.1) is 47.9 Å². The Hall–Kier alpha value is -4.44. The molecule has 0 unspecified atom stereocenters. The van der Waals surface area contributed by atoms with Gasteiger partial charge in [0, 0.05) is 5.92 Å². The van der Waals surface area contributed by atoms with Crippen LogP contribution in [0.3, 0.4) is 0 Å². The molecule has 1 aliphatic rings. The normalized spacial score (nSPS) is 24.0. The molecule has 136 valence electrons. The lowest BCUT2D eigenvalue weighted by Gasteiger charge is -2.48. The number of hydrogen-bond donors (Lipinski definition) is 1. The van der Waals surface area contributed by atoms with E-state index in [1.54, 1.807) is 60.7 Å². The molecule has 0 aromatic heterocycles. The number of rotatable bonds is 2. The molecule has 1 N–H and O–H groups in total. The summed E-state index contributed by atoms with van der Waals surface area (Å²) in [4.78, 5) is 0. The molecule has 1 fully saturated rings. The summed E-state index contributed by atoms with van der Waals surface area (Å²) in [6, 6.07) is 26.9. The topological polar surface area (TPSA) is 143 Å². The van der Waals surface area contributed by atoms with Crippen LogP contribution in [0.4, 0.5) is 0 Å². The molecule has 6 nitrogen and oxygen atoms in total. The zero-order valence-corrected chi connectivity index (χ0v) is 15.2. The Balaban J connectivity index is 2.46. The minimum atomic E-state index is -2.11. The lowest BCUT2D eigenvalue weighted by atomic mass is 9.46. The van der Waals surface area contributed by atoms with Crippen molar-refractivity contribution in [3.8, 4) is 30.3 Å². The second kappa shape index (κ2) is 7.29. The number of nitrogens with zero attached hydrogens (tertiary/aromatic N) is 5. The highest BCUT2D eigenvalue weighted by atomic mass is 14.7. The molecule has 6 heteroatoms. The number of nitriles is 5. The van der Waals surface area contributed by atoms with E-state index in [1.807, 2.05) is 18.2 Å². The molecule has 3 atom stereocenters. The van der Waals surface area contributed by atoms with E-state index in [0.717, 1.165) is 0 Å². The zero-order valence-electron chi connectivity index (χ0n) is 15.2. The fourth-order valence-electron chi connectivity index (χ4n) is 4.33. The minimum absolute atomic E-state index is 0.381. The van der Waals surface area contributed by atoms with Gasteiger partial charge in [0.25, 0.3) is 0 Å². The molecule has 29 heavy (non-hydrogen) atoms. The molecule has 0 heterocycles. The van der Waals surface area contributed by atoms with Crippen molar-refractivity contribution in [2.45, 2.75) is 11.8 Å². The van der Waals surface area contributed by atoms with Gasteiger partial charge in [-0.2, -0.15) is 26.3 Å². The van der Waals surface area contributed by atoms with Crippen LogP contribution in [0.15, 0.2) is 60.7 Å². The van der Waals surface area contributed by atoms with Crippen molar-refractivity contribution >= 4 is 5.71 Å². The first-order chi connectivity index (χ1) is 14.1. The van der Waals surface area contributed by atoms with Gasteiger partial charge in [0.2, 0.25) is 0 Å². The average Bonchev–Trinajstić information content (AvgIpc) is 2.79. The van der Waals surface area contributed by atoms with Gasteiger partial charge in [0.15, 0.2) is 10.8 Å². The third kappa shape index (κ3) is 2.55. The van der Waals surface area contributed by atoms with Gasteiger partial charge in [-0.05, 0) is 11.1 Å². The van der Waals surface area contributed by atoms with Crippen LogP contribution >= 0.6 is 0 Å². The molecule has 0 amide bonds. The zero-order chi connectivity index (χ0) is 21.1. The van der Waals surface area contributed by atoms with Crippen molar-refractivity contribution in [3.05, 3.63) is 71.8 Å². The maximum absolute atomic E-state index is 10.3. The Morgan fingerprint density at radius 2 is 1.17 bits per heavy atom. The van der Waals surface area contributed by atoms with Crippen LogP contribution in [0.2, 0.25) is 0 Å². The monoisotopic (exact) mass is 374 g/mol. The molecular formula is C23H14N6. The Labute approximate surface area is 168 Å². The molecule has 3 rings (SSSR count). The van der Waals surface area contributed by atoms with Crippen molar-refractivity contribution in [2.75, 3.05) is 0 Å². The third-order valence-electron chi connectivity index (χ3n) is 5.60. The quantitative estimate of drug-likeness (QED) is 0.850. The highest BCUT2D eigenvalue weighted by molar-refractivity contribution is 6.00. The first kappa shape index (κ1) is 19.3. The van der Waals surface area contributed by atoms with Crippen molar-refractivity contribution in [3.63, 3.8) is 0 Å². The second-order valence-electron chi connectivity index (χ2n) is 6.88. The molecule has 0 aliphatic heterocycles. The summed E-state index contributed by atoms with van der Waals surface area (Å²) in [5.74, 6) is -3.48. The van der Waals surface area contributed by atoms with Crippen molar-refractivity contribution in [2.24, 2.45) is 16.7 Å². The van der Waals surface area contributed by atoms with Crippen LogP contribution in [0.25, 0.3) is 0 Å². The first-order valence-corrected chi connectivity index (χ1v) is 8.79. The minimum Gasteiger partial charge on any atom is -0.305 e. The third-order valence-corrected chi connectivity index (χ3v) is 5.60. The van der Waals surface area contributed by atoms with Crippen LogP contribution in [0, 0.1) is 78.8 Å². The van der Waals surface area contributed by atoms with Gasteiger partial charge < -0.3 is 5.41 Å². The molecular weight excluding hydrogens is 360 g/mol. The summed E-state index contributed by atoms with van der Waals surface area (Å²) in [6.45, 7) is 0. The molecule has 2 aromatic rings. The maximum atomic E-state index is 10.3. The predicted octanol–water partition coefficient (Wildman–Crippen LogP) is 3.79. The van der Waals surface area contributed by atoms with E-state index >= 15 is 0 Å². The van der Waals surface area contributed by atoms with Crippen LogP contribution < -0.4 is 0 Å².